The van der Waals surface area contributed by atoms with Gasteiger partial charge in [-0.25, -0.2) is 0 Å². The molecule has 0 aliphatic carbocycles. The van der Waals surface area contributed by atoms with Crippen molar-refractivity contribution < 1.29 is 14.7 Å². The maximum absolute atomic E-state index is 12.2. The first-order valence-electron chi connectivity index (χ1n) is 8.07. The summed E-state index contributed by atoms with van der Waals surface area (Å²) < 4.78 is 0. The molecule has 1 aromatic rings. The quantitative estimate of drug-likeness (QED) is 0.822. The van der Waals surface area contributed by atoms with Crippen LogP contribution in [0.5, 0.6) is 0 Å². The van der Waals surface area contributed by atoms with Crippen LogP contribution in [0.2, 0.25) is 0 Å². The molecule has 4 heteroatoms. The Labute approximate surface area is 132 Å². The molecule has 22 heavy (non-hydrogen) atoms. The number of aryl methyl sites for hydroxylation is 2. The summed E-state index contributed by atoms with van der Waals surface area (Å²) in [5, 5.41) is 9.10. The van der Waals surface area contributed by atoms with Crippen LogP contribution in [0.3, 0.4) is 0 Å². The van der Waals surface area contributed by atoms with Crippen LogP contribution in [0.25, 0.3) is 0 Å². The standard InChI is InChI=1S/C18H25NO3/c1-13-7-9-15(10-8-13)5-3-4-6-17(20)19-12-11-16(14(19)2)18(21)22/h7-10,14,16H,3-6,11-12H2,1-2H3,(H,21,22). The van der Waals surface area contributed by atoms with Gasteiger partial charge in [0, 0.05) is 19.0 Å². The van der Waals surface area contributed by atoms with E-state index in [1.807, 2.05) is 6.92 Å². The third-order valence-corrected chi connectivity index (χ3v) is 4.62. The molecule has 1 aromatic carbocycles. The predicted molar refractivity (Wildman–Crippen MR) is 85.7 cm³/mol. The highest BCUT2D eigenvalue weighted by Gasteiger charge is 2.37. The molecular formula is C18H25NO3. The lowest BCUT2D eigenvalue weighted by Gasteiger charge is -2.23. The number of likely N-dealkylation sites (tertiary alicyclic amines) is 1. The van der Waals surface area contributed by atoms with E-state index in [0.717, 1.165) is 19.3 Å². The van der Waals surface area contributed by atoms with Crippen molar-refractivity contribution >= 4 is 11.9 Å². The van der Waals surface area contributed by atoms with Crippen LogP contribution in [-0.4, -0.2) is 34.5 Å². The van der Waals surface area contributed by atoms with Crippen molar-refractivity contribution in [3.63, 3.8) is 0 Å². The molecule has 1 aliphatic heterocycles. The molecule has 120 valence electrons. The van der Waals surface area contributed by atoms with Crippen LogP contribution in [0.1, 0.15) is 43.7 Å². The lowest BCUT2D eigenvalue weighted by molar-refractivity contribution is -0.143. The number of nitrogens with zero attached hydrogens (tertiary/aromatic N) is 1. The van der Waals surface area contributed by atoms with Gasteiger partial charge in [-0.05, 0) is 45.1 Å². The van der Waals surface area contributed by atoms with Crippen molar-refractivity contribution in [1.82, 2.24) is 4.90 Å². The fraction of sp³-hybridized carbons (Fsp3) is 0.556. The van der Waals surface area contributed by atoms with E-state index in [1.165, 1.54) is 11.1 Å². The highest BCUT2D eigenvalue weighted by Crippen LogP contribution is 2.25. The van der Waals surface area contributed by atoms with Gasteiger partial charge in [-0.2, -0.15) is 0 Å². The predicted octanol–water partition coefficient (Wildman–Crippen LogP) is 3.03. The SMILES string of the molecule is Cc1ccc(CCCCC(=O)N2CCC(C(=O)O)C2C)cc1. The van der Waals surface area contributed by atoms with Crippen LogP contribution < -0.4 is 0 Å². The Morgan fingerprint density at radius 1 is 1.23 bits per heavy atom. The van der Waals surface area contributed by atoms with Gasteiger partial charge < -0.3 is 10.0 Å². The molecule has 1 fully saturated rings. The topological polar surface area (TPSA) is 57.6 Å². The van der Waals surface area contributed by atoms with Crippen molar-refractivity contribution in [2.45, 2.75) is 52.0 Å². The zero-order valence-electron chi connectivity index (χ0n) is 13.4. The first kappa shape index (κ1) is 16.5. The number of aliphatic carboxylic acids is 1. The van der Waals surface area contributed by atoms with Crippen LogP contribution in [0.15, 0.2) is 24.3 Å². The molecular weight excluding hydrogens is 278 g/mol. The van der Waals surface area contributed by atoms with Gasteiger partial charge in [0.15, 0.2) is 0 Å². The highest BCUT2D eigenvalue weighted by atomic mass is 16.4. The number of hydrogen-bond acceptors (Lipinski definition) is 2. The van der Waals surface area contributed by atoms with Gasteiger partial charge in [0.1, 0.15) is 0 Å². The van der Waals surface area contributed by atoms with E-state index in [4.69, 9.17) is 5.11 Å². The summed E-state index contributed by atoms with van der Waals surface area (Å²) >= 11 is 0. The second-order valence-corrected chi connectivity index (χ2v) is 6.25. The van der Waals surface area contributed by atoms with E-state index in [-0.39, 0.29) is 11.9 Å². The smallest absolute Gasteiger partial charge is 0.308 e. The average Bonchev–Trinajstić information content (AvgIpc) is 2.87. The minimum Gasteiger partial charge on any atom is -0.481 e. The molecule has 0 bridgehead atoms. The van der Waals surface area contributed by atoms with Gasteiger partial charge in [0.25, 0.3) is 0 Å². The van der Waals surface area contributed by atoms with Gasteiger partial charge in [-0.15, -0.1) is 0 Å². The Hall–Kier alpha value is -1.84. The number of rotatable bonds is 6. The second kappa shape index (κ2) is 7.43. The Bertz CT molecular complexity index is 524. The van der Waals surface area contributed by atoms with E-state index in [0.29, 0.717) is 19.4 Å². The first-order valence-corrected chi connectivity index (χ1v) is 8.07. The maximum atomic E-state index is 12.2. The molecule has 0 aromatic heterocycles. The van der Waals surface area contributed by atoms with E-state index in [9.17, 15) is 9.59 Å². The fourth-order valence-electron chi connectivity index (χ4n) is 3.13. The summed E-state index contributed by atoms with van der Waals surface area (Å²) in [5.41, 5.74) is 2.56. The zero-order chi connectivity index (χ0) is 16.1. The Morgan fingerprint density at radius 2 is 1.91 bits per heavy atom. The Kier molecular flexibility index (Phi) is 5.58. The molecule has 2 rings (SSSR count). The molecule has 2 atom stereocenters. The number of hydrogen-bond donors (Lipinski definition) is 1. The number of benzene rings is 1. The van der Waals surface area contributed by atoms with E-state index < -0.39 is 11.9 Å². The molecule has 4 nitrogen and oxygen atoms in total. The van der Waals surface area contributed by atoms with Crippen molar-refractivity contribution in [2.24, 2.45) is 5.92 Å². The van der Waals surface area contributed by atoms with Crippen molar-refractivity contribution in [1.29, 1.82) is 0 Å². The van der Waals surface area contributed by atoms with Gasteiger partial charge >= 0.3 is 5.97 Å². The number of carboxylic acids is 1. The first-order chi connectivity index (χ1) is 10.5. The van der Waals surface area contributed by atoms with Gasteiger partial charge in [0.05, 0.1) is 5.92 Å². The van der Waals surface area contributed by atoms with Gasteiger partial charge in [0.2, 0.25) is 5.91 Å². The number of amides is 1. The lowest BCUT2D eigenvalue weighted by atomic mass is 10.0. The Balaban J connectivity index is 1.72. The van der Waals surface area contributed by atoms with E-state index in [2.05, 4.69) is 31.2 Å². The van der Waals surface area contributed by atoms with Crippen molar-refractivity contribution in [3.8, 4) is 0 Å². The second-order valence-electron chi connectivity index (χ2n) is 6.25. The summed E-state index contributed by atoms with van der Waals surface area (Å²) in [6.45, 7) is 4.50. The van der Waals surface area contributed by atoms with Gasteiger partial charge in [-0.3, -0.25) is 9.59 Å². The number of unbranched alkanes of at least 4 members (excludes halogenated alkanes) is 1. The zero-order valence-corrected chi connectivity index (χ0v) is 13.4. The number of carboxylic acid groups (broad SMARTS) is 1. The summed E-state index contributed by atoms with van der Waals surface area (Å²) in [6.07, 6.45) is 3.92. The molecule has 0 spiro atoms. The van der Waals surface area contributed by atoms with Gasteiger partial charge in [-0.1, -0.05) is 29.8 Å². The van der Waals surface area contributed by atoms with Crippen LogP contribution in [-0.2, 0) is 16.0 Å². The van der Waals surface area contributed by atoms with Crippen LogP contribution in [0, 0.1) is 12.8 Å². The molecule has 2 unspecified atom stereocenters. The normalized spacial score (nSPS) is 21.1. The summed E-state index contributed by atoms with van der Waals surface area (Å²) in [7, 11) is 0. The lowest BCUT2D eigenvalue weighted by Crippen LogP contribution is -2.37. The number of carbonyl (C=O) groups is 2. The third-order valence-electron chi connectivity index (χ3n) is 4.62. The summed E-state index contributed by atoms with van der Waals surface area (Å²) in [4.78, 5) is 25.0. The van der Waals surface area contributed by atoms with E-state index in [1.54, 1.807) is 4.90 Å². The average molecular weight is 303 g/mol. The minimum absolute atomic E-state index is 0.0974. The van der Waals surface area contributed by atoms with Crippen LogP contribution in [0.4, 0.5) is 0 Å². The largest absolute Gasteiger partial charge is 0.481 e. The molecule has 1 amide bonds. The molecule has 0 saturated carbocycles. The monoisotopic (exact) mass is 303 g/mol. The highest BCUT2D eigenvalue weighted by molar-refractivity contribution is 5.79. The van der Waals surface area contributed by atoms with Crippen molar-refractivity contribution in [3.05, 3.63) is 35.4 Å². The summed E-state index contributed by atoms with van der Waals surface area (Å²) in [5.74, 6) is -1.10. The van der Waals surface area contributed by atoms with Crippen molar-refractivity contribution in [2.75, 3.05) is 6.54 Å². The third kappa shape index (κ3) is 4.09. The molecule has 1 aliphatic rings. The van der Waals surface area contributed by atoms with Crippen LogP contribution >= 0.6 is 0 Å². The molecule has 1 N–H and O–H groups in total. The maximum Gasteiger partial charge on any atom is 0.308 e. The molecule has 1 heterocycles. The Morgan fingerprint density at radius 3 is 2.50 bits per heavy atom. The fourth-order valence-corrected chi connectivity index (χ4v) is 3.13. The molecule has 1 saturated heterocycles. The minimum atomic E-state index is -0.790. The van der Waals surface area contributed by atoms with E-state index >= 15 is 0 Å². The summed E-state index contributed by atoms with van der Waals surface area (Å²) in [6, 6.07) is 8.31. The molecule has 0 radical (unpaired) electrons. The number of carbonyl (C=O) groups excluding carboxylic acids is 1.